The molecule has 1 atom stereocenters. The fraction of sp³-hybridized carbons (Fsp3) is 0.455. The summed E-state index contributed by atoms with van der Waals surface area (Å²) in [5, 5.41) is 9.60. The fourth-order valence-electron chi connectivity index (χ4n) is 2.70. The lowest BCUT2D eigenvalue weighted by Crippen LogP contribution is -2.42. The molecule has 0 bridgehead atoms. The molecular formula is C22H33IN4O2. The lowest BCUT2D eigenvalue weighted by atomic mass is 9.89. The number of halogens is 1. The van der Waals surface area contributed by atoms with E-state index >= 15 is 0 Å². The zero-order valence-electron chi connectivity index (χ0n) is 17.9. The quantitative estimate of drug-likeness (QED) is 0.276. The largest absolute Gasteiger partial charge is 0.459 e. The van der Waals surface area contributed by atoms with Crippen LogP contribution in [0.1, 0.15) is 56.7 Å². The maximum absolute atomic E-state index is 12.1. The second kappa shape index (κ2) is 11.8. The molecule has 6 nitrogen and oxygen atoms in total. The van der Waals surface area contributed by atoms with E-state index in [4.69, 9.17) is 4.42 Å². The van der Waals surface area contributed by atoms with Gasteiger partial charge in [0.05, 0.1) is 6.26 Å². The Morgan fingerprint density at radius 3 is 2.59 bits per heavy atom. The zero-order chi connectivity index (χ0) is 20.6. The Hall–Kier alpha value is -2.03. The molecule has 3 N–H and O–H groups in total. The van der Waals surface area contributed by atoms with E-state index in [1.807, 2.05) is 24.3 Å². The molecular weight excluding hydrogens is 479 g/mol. The minimum absolute atomic E-state index is 0. The molecule has 0 aliphatic heterocycles. The van der Waals surface area contributed by atoms with Crippen molar-refractivity contribution in [2.75, 3.05) is 12.4 Å². The average Bonchev–Trinajstić information content (AvgIpc) is 3.18. The summed E-state index contributed by atoms with van der Waals surface area (Å²) in [6.07, 6.45) is 3.71. The summed E-state index contributed by atoms with van der Waals surface area (Å²) >= 11 is 0. The van der Waals surface area contributed by atoms with E-state index in [1.165, 1.54) is 6.26 Å². The number of guanidine groups is 1. The van der Waals surface area contributed by atoms with E-state index in [1.54, 1.807) is 19.2 Å². The lowest BCUT2D eigenvalue weighted by molar-refractivity contribution is 0.0996. The second-order valence-corrected chi connectivity index (χ2v) is 8.20. The molecule has 1 aromatic heterocycles. The van der Waals surface area contributed by atoms with Crippen LogP contribution in [0.2, 0.25) is 0 Å². The number of benzene rings is 1. The molecule has 2 rings (SSSR count). The van der Waals surface area contributed by atoms with Gasteiger partial charge in [-0.25, -0.2) is 0 Å². The van der Waals surface area contributed by atoms with E-state index in [0.29, 0.717) is 18.0 Å². The Morgan fingerprint density at radius 1 is 1.21 bits per heavy atom. The Balaban J connectivity index is 0.00000420. The number of hydrogen-bond donors (Lipinski definition) is 3. The second-order valence-electron chi connectivity index (χ2n) is 8.20. The number of nitrogens with one attached hydrogen (secondary N) is 3. The molecule has 1 unspecified atom stereocenters. The number of aliphatic imine (C=N–C) groups is 1. The number of carbonyl (C=O) groups excluding carboxylic acids is 1. The molecule has 1 heterocycles. The molecule has 0 aliphatic carbocycles. The highest BCUT2D eigenvalue weighted by atomic mass is 127. The molecule has 160 valence electrons. The van der Waals surface area contributed by atoms with Crippen LogP contribution in [-0.2, 0) is 6.54 Å². The van der Waals surface area contributed by atoms with Gasteiger partial charge in [0, 0.05) is 25.3 Å². The number of furan rings is 1. The third-order valence-corrected chi connectivity index (χ3v) is 4.32. The predicted molar refractivity (Wildman–Crippen MR) is 130 cm³/mol. The van der Waals surface area contributed by atoms with Crippen molar-refractivity contribution in [1.82, 2.24) is 10.6 Å². The van der Waals surface area contributed by atoms with Gasteiger partial charge in [0.2, 0.25) is 0 Å². The standard InChI is InChI=1S/C22H32N4O2.HI/c1-16(11-12-22(2,3)4)25-21(23-5)24-15-17-8-6-9-18(14-17)26-20(27)19-10-7-13-28-19;/h6-10,13-14,16H,11-12,15H2,1-5H3,(H,26,27)(H2,23,24,25);1H. The number of hydrogen-bond acceptors (Lipinski definition) is 3. The Bertz CT molecular complexity index is 782. The van der Waals surface area contributed by atoms with Crippen molar-refractivity contribution in [3.05, 3.63) is 54.0 Å². The number of rotatable bonds is 7. The average molecular weight is 512 g/mol. The molecule has 0 saturated carbocycles. The molecule has 1 aromatic carbocycles. The molecule has 2 aromatic rings. The van der Waals surface area contributed by atoms with Crippen LogP contribution in [0.4, 0.5) is 5.69 Å². The molecule has 0 fully saturated rings. The third-order valence-electron chi connectivity index (χ3n) is 4.32. The van der Waals surface area contributed by atoms with Crippen LogP contribution in [0, 0.1) is 5.41 Å². The number of amides is 1. The van der Waals surface area contributed by atoms with Gasteiger partial charge >= 0.3 is 0 Å². The van der Waals surface area contributed by atoms with Crippen molar-refractivity contribution in [3.8, 4) is 0 Å². The minimum Gasteiger partial charge on any atom is -0.459 e. The third kappa shape index (κ3) is 9.34. The van der Waals surface area contributed by atoms with E-state index in [2.05, 4.69) is 48.6 Å². The summed E-state index contributed by atoms with van der Waals surface area (Å²) in [4.78, 5) is 16.4. The highest BCUT2D eigenvalue weighted by Crippen LogP contribution is 2.21. The first-order chi connectivity index (χ1) is 13.3. The van der Waals surface area contributed by atoms with Gasteiger partial charge < -0.3 is 20.4 Å². The zero-order valence-corrected chi connectivity index (χ0v) is 20.2. The van der Waals surface area contributed by atoms with Crippen molar-refractivity contribution >= 4 is 41.5 Å². The minimum atomic E-state index is -0.264. The first kappa shape index (κ1) is 25.0. The normalized spacial score (nSPS) is 12.7. The van der Waals surface area contributed by atoms with Gasteiger partial charge in [-0.15, -0.1) is 24.0 Å². The number of carbonyl (C=O) groups is 1. The van der Waals surface area contributed by atoms with Crippen LogP contribution in [0.3, 0.4) is 0 Å². The SMILES string of the molecule is CN=C(NCc1cccc(NC(=O)c2ccco2)c1)NC(C)CCC(C)(C)C.I. The first-order valence-corrected chi connectivity index (χ1v) is 9.68. The summed E-state index contributed by atoms with van der Waals surface area (Å²) in [7, 11) is 1.77. The smallest absolute Gasteiger partial charge is 0.291 e. The Kier molecular flexibility index (Phi) is 10.2. The van der Waals surface area contributed by atoms with Crippen molar-refractivity contribution in [1.29, 1.82) is 0 Å². The summed E-state index contributed by atoms with van der Waals surface area (Å²) in [5.74, 6) is 0.795. The van der Waals surface area contributed by atoms with Crippen molar-refractivity contribution < 1.29 is 9.21 Å². The van der Waals surface area contributed by atoms with Crippen LogP contribution in [0.25, 0.3) is 0 Å². The molecule has 1 amide bonds. The molecule has 0 aliphatic rings. The molecule has 0 saturated heterocycles. The van der Waals surface area contributed by atoms with Crippen molar-refractivity contribution in [2.45, 2.75) is 53.1 Å². The van der Waals surface area contributed by atoms with Gasteiger partial charge in [0.15, 0.2) is 11.7 Å². The van der Waals surface area contributed by atoms with Gasteiger partial charge in [-0.1, -0.05) is 32.9 Å². The topological polar surface area (TPSA) is 78.7 Å². The highest BCUT2D eigenvalue weighted by Gasteiger charge is 2.13. The first-order valence-electron chi connectivity index (χ1n) is 9.68. The lowest BCUT2D eigenvalue weighted by Gasteiger charge is -2.23. The van der Waals surface area contributed by atoms with Crippen molar-refractivity contribution in [2.24, 2.45) is 10.4 Å². The van der Waals surface area contributed by atoms with Gasteiger partial charge in [0.1, 0.15) is 0 Å². The van der Waals surface area contributed by atoms with E-state index in [-0.39, 0.29) is 35.6 Å². The van der Waals surface area contributed by atoms with Crippen LogP contribution in [0.5, 0.6) is 0 Å². The van der Waals surface area contributed by atoms with Gasteiger partial charge in [-0.05, 0) is 55.0 Å². The molecule has 0 radical (unpaired) electrons. The van der Waals surface area contributed by atoms with Gasteiger partial charge in [-0.2, -0.15) is 0 Å². The fourth-order valence-corrected chi connectivity index (χ4v) is 2.70. The van der Waals surface area contributed by atoms with Crippen LogP contribution < -0.4 is 16.0 Å². The maximum atomic E-state index is 12.1. The summed E-state index contributed by atoms with van der Waals surface area (Å²) in [6, 6.07) is 11.4. The summed E-state index contributed by atoms with van der Waals surface area (Å²) < 4.78 is 5.12. The number of nitrogens with zero attached hydrogens (tertiary/aromatic N) is 1. The molecule has 0 spiro atoms. The van der Waals surface area contributed by atoms with E-state index in [9.17, 15) is 4.79 Å². The monoisotopic (exact) mass is 512 g/mol. The Morgan fingerprint density at radius 2 is 1.97 bits per heavy atom. The van der Waals surface area contributed by atoms with Crippen LogP contribution in [-0.4, -0.2) is 25.0 Å². The summed E-state index contributed by atoms with van der Waals surface area (Å²) in [6.45, 7) is 9.54. The van der Waals surface area contributed by atoms with Crippen LogP contribution >= 0.6 is 24.0 Å². The predicted octanol–water partition coefficient (Wildman–Crippen LogP) is 5.03. The highest BCUT2D eigenvalue weighted by molar-refractivity contribution is 14.0. The Labute approximate surface area is 191 Å². The van der Waals surface area contributed by atoms with E-state index in [0.717, 1.165) is 30.1 Å². The summed E-state index contributed by atoms with van der Waals surface area (Å²) in [5.41, 5.74) is 2.10. The van der Waals surface area contributed by atoms with E-state index < -0.39 is 0 Å². The maximum Gasteiger partial charge on any atom is 0.291 e. The van der Waals surface area contributed by atoms with Gasteiger partial charge in [0.25, 0.3) is 5.91 Å². The van der Waals surface area contributed by atoms with Crippen molar-refractivity contribution in [3.63, 3.8) is 0 Å². The molecule has 29 heavy (non-hydrogen) atoms. The molecule has 7 heteroatoms. The number of anilines is 1. The van der Waals surface area contributed by atoms with Gasteiger partial charge in [-0.3, -0.25) is 9.79 Å². The van der Waals surface area contributed by atoms with Crippen LogP contribution in [0.15, 0.2) is 52.1 Å².